The molecule has 9 nitrogen and oxygen atoms in total. The maximum absolute atomic E-state index is 11.8. The number of carbonyl (C=O) groups excluding carboxylic acids is 2. The zero-order valence-corrected chi connectivity index (χ0v) is 12.5. The molecule has 9 heteroatoms. The van der Waals surface area contributed by atoms with Crippen LogP contribution in [0.4, 0.5) is 0 Å². The maximum Gasteiger partial charge on any atom is 0.251 e. The molecule has 0 aliphatic heterocycles. The van der Waals surface area contributed by atoms with Crippen molar-refractivity contribution >= 4 is 18.2 Å². The summed E-state index contributed by atoms with van der Waals surface area (Å²) in [6.07, 6.45) is 1.70. The normalized spacial score (nSPS) is 11.1. The third-order valence-corrected chi connectivity index (χ3v) is 2.91. The maximum atomic E-state index is 11.8. The number of hydrogen-bond acceptors (Lipinski definition) is 5. The molecular weight excluding hydrogens is 302 g/mol. The molecule has 0 saturated carbocycles. The van der Waals surface area contributed by atoms with Crippen LogP contribution >= 0.6 is 0 Å². The topological polar surface area (TPSA) is 137 Å². The van der Waals surface area contributed by atoms with E-state index in [0.29, 0.717) is 19.1 Å². The first kappa shape index (κ1) is 18.1. The van der Waals surface area contributed by atoms with Gasteiger partial charge in [-0.1, -0.05) is 35.8 Å². The van der Waals surface area contributed by atoms with E-state index in [1.165, 1.54) is 0 Å². The van der Waals surface area contributed by atoms with Crippen molar-refractivity contribution in [3.63, 3.8) is 0 Å². The lowest BCUT2D eigenvalue weighted by Gasteiger charge is -2.13. The molecule has 0 bridgehead atoms. The van der Waals surface area contributed by atoms with E-state index >= 15 is 0 Å². The molecule has 1 aromatic carbocycles. The van der Waals surface area contributed by atoms with Crippen LogP contribution in [0.3, 0.4) is 0 Å². The van der Waals surface area contributed by atoms with Gasteiger partial charge in [0.1, 0.15) is 6.29 Å². The van der Waals surface area contributed by atoms with Crippen molar-refractivity contribution in [3.05, 3.63) is 46.0 Å². The molecule has 1 rings (SSSR count). The Hall–Kier alpha value is -2.97. The van der Waals surface area contributed by atoms with Gasteiger partial charge in [0.25, 0.3) is 5.96 Å². The van der Waals surface area contributed by atoms with Gasteiger partial charge in [0.2, 0.25) is 5.91 Å². The molecule has 0 aliphatic rings. The monoisotopic (exact) mass is 321 g/mol. The van der Waals surface area contributed by atoms with Gasteiger partial charge in [0.15, 0.2) is 5.03 Å². The first-order valence-corrected chi connectivity index (χ1v) is 7.03. The van der Waals surface area contributed by atoms with Gasteiger partial charge in [-0.3, -0.25) is 10.2 Å². The molecule has 0 aromatic heterocycles. The van der Waals surface area contributed by atoms with E-state index in [2.05, 4.69) is 10.6 Å². The molecule has 0 fully saturated rings. The Labute approximate surface area is 133 Å². The minimum Gasteiger partial charge on any atom is -0.352 e. The summed E-state index contributed by atoms with van der Waals surface area (Å²) in [5.41, 5.74) is 2.52. The number of nitrogens with zero attached hydrogens (tertiary/aromatic N) is 1. The summed E-state index contributed by atoms with van der Waals surface area (Å²) >= 11 is 0. The summed E-state index contributed by atoms with van der Waals surface area (Å²) in [6.45, 7) is 0.276. The third kappa shape index (κ3) is 8.15. The highest BCUT2D eigenvalue weighted by molar-refractivity contribution is 5.81. The number of carbonyl (C=O) groups is 2. The lowest BCUT2D eigenvalue weighted by molar-refractivity contribution is -0.525. The second-order valence-electron chi connectivity index (χ2n) is 4.79. The van der Waals surface area contributed by atoms with E-state index in [9.17, 15) is 19.7 Å². The van der Waals surface area contributed by atoms with Crippen molar-refractivity contribution in [3.8, 4) is 0 Å². The summed E-state index contributed by atoms with van der Waals surface area (Å²) in [7, 11) is 0. The molecule has 0 spiro atoms. The summed E-state index contributed by atoms with van der Waals surface area (Å²) < 4.78 is 0. The van der Waals surface area contributed by atoms with Gasteiger partial charge in [-0.25, -0.2) is 10.1 Å². The molecule has 1 amide bonds. The molecule has 1 aromatic rings. The fraction of sp³-hybridized carbons (Fsp3) is 0.357. The average molecular weight is 321 g/mol. The van der Waals surface area contributed by atoms with Crippen LogP contribution in [0.2, 0.25) is 0 Å². The first-order chi connectivity index (χ1) is 11.0. The lowest BCUT2D eigenvalue weighted by atomic mass is 10.1. The number of benzene rings is 1. The second-order valence-corrected chi connectivity index (χ2v) is 4.79. The predicted octanol–water partition coefficient (Wildman–Crippen LogP) is -0.00133. The summed E-state index contributed by atoms with van der Waals surface area (Å²) in [6, 6.07) is 8.55. The van der Waals surface area contributed by atoms with Crippen LogP contribution in [0.15, 0.2) is 30.3 Å². The van der Waals surface area contributed by atoms with E-state index in [-0.39, 0.29) is 18.9 Å². The lowest BCUT2D eigenvalue weighted by Crippen LogP contribution is -2.41. The Balaban J connectivity index is 2.26. The van der Waals surface area contributed by atoms with Crippen molar-refractivity contribution in [1.82, 2.24) is 16.1 Å². The van der Waals surface area contributed by atoms with E-state index in [4.69, 9.17) is 5.41 Å². The van der Waals surface area contributed by atoms with Gasteiger partial charge >= 0.3 is 0 Å². The Bertz CT molecular complexity index is 549. The number of aldehydes is 1. The number of nitrogens with one attached hydrogen (secondary N) is 4. The molecule has 0 heterocycles. The number of guanidine groups is 1. The van der Waals surface area contributed by atoms with Crippen LogP contribution in [-0.4, -0.2) is 35.8 Å². The summed E-state index contributed by atoms with van der Waals surface area (Å²) in [5, 5.41) is 21.5. The van der Waals surface area contributed by atoms with Gasteiger partial charge in [-0.05, 0) is 18.4 Å². The molecule has 0 aliphatic carbocycles. The van der Waals surface area contributed by atoms with Crippen molar-refractivity contribution in [1.29, 1.82) is 5.41 Å². The van der Waals surface area contributed by atoms with Crippen molar-refractivity contribution in [2.24, 2.45) is 0 Å². The summed E-state index contributed by atoms with van der Waals surface area (Å²) in [5.74, 6) is -0.671. The second kappa shape index (κ2) is 9.87. The minimum atomic E-state index is -0.840. The quantitative estimate of drug-likeness (QED) is 0.126. The number of nitro groups is 1. The van der Waals surface area contributed by atoms with Crippen LogP contribution in [0.1, 0.15) is 18.4 Å². The third-order valence-electron chi connectivity index (χ3n) is 2.91. The van der Waals surface area contributed by atoms with Crippen molar-refractivity contribution in [2.45, 2.75) is 25.3 Å². The zero-order chi connectivity index (χ0) is 17.1. The van der Waals surface area contributed by atoms with Gasteiger partial charge in [0.05, 0.1) is 12.5 Å². The fourth-order valence-electron chi connectivity index (χ4n) is 1.88. The largest absolute Gasteiger partial charge is 0.352 e. The smallest absolute Gasteiger partial charge is 0.251 e. The Kier molecular flexibility index (Phi) is 7.76. The molecule has 23 heavy (non-hydrogen) atoms. The zero-order valence-electron chi connectivity index (χ0n) is 12.5. The van der Waals surface area contributed by atoms with E-state index in [0.717, 1.165) is 5.56 Å². The van der Waals surface area contributed by atoms with Crippen LogP contribution in [0.25, 0.3) is 0 Å². The molecular formula is C14H19N5O4. The average Bonchev–Trinajstić information content (AvgIpc) is 2.50. The van der Waals surface area contributed by atoms with Gasteiger partial charge in [-0.2, -0.15) is 0 Å². The number of hydrogen-bond donors (Lipinski definition) is 4. The highest BCUT2D eigenvalue weighted by Gasteiger charge is 2.11. The number of rotatable bonds is 9. The Morgan fingerprint density at radius 1 is 1.35 bits per heavy atom. The molecule has 4 N–H and O–H groups in total. The van der Waals surface area contributed by atoms with Crippen LogP contribution in [0, 0.1) is 15.5 Å². The highest BCUT2D eigenvalue weighted by Crippen LogP contribution is 2.00. The minimum absolute atomic E-state index is 0.195. The molecule has 124 valence electrons. The van der Waals surface area contributed by atoms with Gasteiger partial charge in [0, 0.05) is 6.54 Å². The first-order valence-electron chi connectivity index (χ1n) is 7.03. The highest BCUT2D eigenvalue weighted by atomic mass is 16.7. The number of amides is 1. The van der Waals surface area contributed by atoms with Crippen LogP contribution in [-0.2, 0) is 16.0 Å². The van der Waals surface area contributed by atoms with Gasteiger partial charge < -0.3 is 15.4 Å². The Morgan fingerprint density at radius 3 is 2.65 bits per heavy atom. The Morgan fingerprint density at radius 2 is 2.04 bits per heavy atom. The molecule has 0 radical (unpaired) electrons. The van der Waals surface area contributed by atoms with Crippen LogP contribution in [0.5, 0.6) is 0 Å². The summed E-state index contributed by atoms with van der Waals surface area (Å²) in [4.78, 5) is 32.9. The predicted molar refractivity (Wildman–Crippen MR) is 83.2 cm³/mol. The molecule has 1 atom stereocenters. The van der Waals surface area contributed by atoms with Crippen LogP contribution < -0.4 is 16.1 Å². The fourth-order valence-corrected chi connectivity index (χ4v) is 1.88. The van der Waals surface area contributed by atoms with Gasteiger partial charge in [-0.15, -0.1) is 0 Å². The number of hydrazine groups is 1. The molecule has 1 unspecified atom stereocenters. The van der Waals surface area contributed by atoms with Crippen molar-refractivity contribution in [2.75, 3.05) is 6.54 Å². The van der Waals surface area contributed by atoms with E-state index in [1.54, 1.807) is 5.43 Å². The van der Waals surface area contributed by atoms with E-state index < -0.39 is 17.0 Å². The molecule has 0 saturated heterocycles. The van der Waals surface area contributed by atoms with Crippen molar-refractivity contribution < 1.29 is 14.6 Å². The SMILES string of the molecule is N=C(NCCCC(C=O)NC(=O)Cc1ccccc1)N[N+](=O)[O-]. The standard InChI is InChI=1S/C14H19N5O4/c15-14(18-19(22)23)16-8-4-7-12(10-20)17-13(21)9-11-5-2-1-3-6-11/h1-3,5-6,10,12H,4,7-9H2,(H,17,21)(H3,15,16,18). The van der Waals surface area contributed by atoms with E-state index in [1.807, 2.05) is 30.3 Å².